The van der Waals surface area contributed by atoms with Crippen molar-refractivity contribution in [3.05, 3.63) is 23.3 Å². The third kappa shape index (κ3) is 2.55. The van der Waals surface area contributed by atoms with Gasteiger partial charge in [-0.2, -0.15) is 0 Å². The fourth-order valence-corrected chi connectivity index (χ4v) is 3.37. The van der Waals surface area contributed by atoms with Crippen LogP contribution in [0.4, 0.5) is 0 Å². The van der Waals surface area contributed by atoms with Crippen molar-refractivity contribution in [3.8, 4) is 11.5 Å². The molecule has 0 unspecified atom stereocenters. The Balaban J connectivity index is 2.18. The third-order valence-corrected chi connectivity index (χ3v) is 4.69. The highest BCUT2D eigenvalue weighted by Gasteiger charge is 2.41. The number of amides is 1. The van der Waals surface area contributed by atoms with Crippen LogP contribution in [0.15, 0.2) is 17.1 Å². The summed E-state index contributed by atoms with van der Waals surface area (Å²) in [5.74, 6) is 6.11. The lowest BCUT2D eigenvalue weighted by atomic mass is 9.70. The van der Waals surface area contributed by atoms with E-state index in [1.54, 1.807) is 20.3 Å². The molecule has 1 aromatic rings. The summed E-state index contributed by atoms with van der Waals surface area (Å²) in [6.07, 6.45) is 1.72. The summed E-state index contributed by atoms with van der Waals surface area (Å²) in [6.45, 7) is 1.91. The summed E-state index contributed by atoms with van der Waals surface area (Å²) in [4.78, 5) is 16.6. The third-order valence-electron chi connectivity index (χ3n) is 4.69. The fourth-order valence-electron chi connectivity index (χ4n) is 3.37. The van der Waals surface area contributed by atoms with Crippen LogP contribution in [0.3, 0.4) is 0 Å². The van der Waals surface area contributed by atoms with Crippen molar-refractivity contribution in [1.82, 2.24) is 5.43 Å². The minimum absolute atomic E-state index is 0.133. The zero-order valence-electron chi connectivity index (χ0n) is 13.3. The van der Waals surface area contributed by atoms with Gasteiger partial charge in [0.2, 0.25) is 0 Å². The lowest BCUT2D eigenvalue weighted by molar-refractivity contribution is -0.114. The molecule has 0 aromatic heterocycles. The van der Waals surface area contributed by atoms with Crippen LogP contribution in [0.5, 0.6) is 11.5 Å². The minimum atomic E-state index is -0.402. The van der Waals surface area contributed by atoms with Gasteiger partial charge in [0.15, 0.2) is 11.5 Å². The van der Waals surface area contributed by atoms with Crippen LogP contribution in [0, 0.1) is 0 Å². The molecule has 0 aliphatic carbocycles. The number of carbonyl (C=O) groups excluding carboxylic acids is 1. The lowest BCUT2D eigenvalue weighted by Crippen LogP contribution is -2.45. The maximum Gasteiger partial charge on any atom is 0.283 e. The summed E-state index contributed by atoms with van der Waals surface area (Å²) in [7, 11) is 3.17. The van der Waals surface area contributed by atoms with Crippen molar-refractivity contribution >= 4 is 11.6 Å². The number of rotatable bonds is 3. The molecule has 0 saturated carbocycles. The van der Waals surface area contributed by atoms with Crippen LogP contribution >= 0.6 is 0 Å². The molecule has 0 bridgehead atoms. The summed E-state index contributed by atoms with van der Waals surface area (Å²) >= 11 is 0. The second-order valence-corrected chi connectivity index (χ2v) is 5.78. The molecular weight excluding hydrogens is 298 g/mol. The first-order valence-electron chi connectivity index (χ1n) is 7.55. The molecule has 1 aromatic carbocycles. The van der Waals surface area contributed by atoms with E-state index < -0.39 is 5.91 Å². The number of aliphatic imine (C=N–C) groups is 1. The van der Waals surface area contributed by atoms with Gasteiger partial charge in [-0.15, -0.1) is 0 Å². The number of nitrogens with two attached hydrogens (primary N) is 1. The second kappa shape index (κ2) is 6.17. The van der Waals surface area contributed by atoms with E-state index in [1.165, 1.54) is 0 Å². The molecule has 7 nitrogen and oxygen atoms in total. The van der Waals surface area contributed by atoms with Crippen LogP contribution in [-0.2, 0) is 14.9 Å². The zero-order chi connectivity index (χ0) is 16.4. The van der Waals surface area contributed by atoms with Crippen LogP contribution in [0.1, 0.15) is 24.0 Å². The molecule has 0 atom stereocenters. The Bertz CT molecular complexity index is 651. The largest absolute Gasteiger partial charge is 0.493 e. The van der Waals surface area contributed by atoms with E-state index in [4.69, 9.17) is 20.1 Å². The number of ether oxygens (including phenoxy) is 3. The monoisotopic (exact) mass is 319 g/mol. The van der Waals surface area contributed by atoms with Gasteiger partial charge in [0.05, 0.1) is 14.2 Å². The molecule has 2 aliphatic rings. The van der Waals surface area contributed by atoms with Crippen molar-refractivity contribution in [2.45, 2.75) is 18.3 Å². The molecule has 3 N–H and O–H groups in total. The van der Waals surface area contributed by atoms with Crippen LogP contribution in [0.2, 0.25) is 0 Å². The number of nitrogens with one attached hydrogen (secondary N) is 1. The van der Waals surface area contributed by atoms with Gasteiger partial charge in [0.1, 0.15) is 5.71 Å². The number of methoxy groups -OCH3 is 2. The predicted octanol–water partition coefficient (Wildman–Crippen LogP) is 0.545. The number of nitrogens with zero attached hydrogens (tertiary/aromatic N) is 1. The maximum atomic E-state index is 12.1. The molecule has 1 fully saturated rings. The standard InChI is InChI=1S/C16H21N3O4/c1-21-12-7-10-11(8-13(12)22-2)16(3-5-23-6-4-16)9-18-14(10)15(20)19-17/h7-8H,3-6,9,17H2,1-2H3,(H,19,20). The van der Waals surface area contributed by atoms with Crippen LogP contribution in [0.25, 0.3) is 0 Å². The first-order valence-corrected chi connectivity index (χ1v) is 7.55. The summed E-state index contributed by atoms with van der Waals surface area (Å²) in [5.41, 5.74) is 4.16. The van der Waals surface area contributed by atoms with E-state index in [0.29, 0.717) is 37.0 Å². The number of fused-ring (bicyclic) bond motifs is 2. The van der Waals surface area contributed by atoms with Crippen molar-refractivity contribution in [2.24, 2.45) is 10.8 Å². The zero-order valence-corrected chi connectivity index (χ0v) is 13.3. The van der Waals surface area contributed by atoms with Gasteiger partial charge in [0, 0.05) is 30.7 Å². The molecule has 0 radical (unpaired) electrons. The first kappa shape index (κ1) is 15.8. The SMILES string of the molecule is COc1cc2c(cc1OC)C1(CCOCC1)CN=C2C(=O)NN. The molecule has 7 heteroatoms. The van der Waals surface area contributed by atoms with Gasteiger partial charge in [-0.05, 0) is 30.5 Å². The molecule has 23 heavy (non-hydrogen) atoms. The summed E-state index contributed by atoms with van der Waals surface area (Å²) in [5, 5.41) is 0. The second-order valence-electron chi connectivity index (χ2n) is 5.78. The van der Waals surface area contributed by atoms with Crippen LogP contribution < -0.4 is 20.7 Å². The van der Waals surface area contributed by atoms with E-state index in [-0.39, 0.29) is 5.41 Å². The lowest BCUT2D eigenvalue weighted by Gasteiger charge is -2.40. The Hall–Kier alpha value is -2.12. The molecule has 2 heterocycles. The smallest absolute Gasteiger partial charge is 0.283 e. The van der Waals surface area contributed by atoms with E-state index in [2.05, 4.69) is 10.4 Å². The van der Waals surface area contributed by atoms with E-state index in [9.17, 15) is 4.79 Å². The van der Waals surface area contributed by atoms with Crippen molar-refractivity contribution < 1.29 is 19.0 Å². The van der Waals surface area contributed by atoms with Crippen molar-refractivity contribution in [2.75, 3.05) is 34.0 Å². The summed E-state index contributed by atoms with van der Waals surface area (Å²) < 4.78 is 16.3. The molecular formula is C16H21N3O4. The highest BCUT2D eigenvalue weighted by atomic mass is 16.5. The Morgan fingerprint density at radius 3 is 2.52 bits per heavy atom. The van der Waals surface area contributed by atoms with Gasteiger partial charge in [-0.25, -0.2) is 5.84 Å². The maximum absolute atomic E-state index is 12.1. The first-order chi connectivity index (χ1) is 11.1. The number of hydrogen-bond acceptors (Lipinski definition) is 6. The van der Waals surface area contributed by atoms with Crippen molar-refractivity contribution in [3.63, 3.8) is 0 Å². The molecule has 2 aliphatic heterocycles. The van der Waals surface area contributed by atoms with E-state index >= 15 is 0 Å². The Morgan fingerprint density at radius 2 is 1.91 bits per heavy atom. The summed E-state index contributed by atoms with van der Waals surface area (Å²) in [6, 6.07) is 3.76. The number of benzene rings is 1. The quantitative estimate of drug-likeness (QED) is 0.482. The molecule has 1 saturated heterocycles. The van der Waals surface area contributed by atoms with Gasteiger partial charge in [-0.3, -0.25) is 15.2 Å². The Morgan fingerprint density at radius 1 is 1.26 bits per heavy atom. The fraction of sp³-hybridized carbons (Fsp3) is 0.500. The minimum Gasteiger partial charge on any atom is -0.493 e. The van der Waals surface area contributed by atoms with Gasteiger partial charge in [0.25, 0.3) is 5.91 Å². The van der Waals surface area contributed by atoms with Crippen molar-refractivity contribution in [1.29, 1.82) is 0 Å². The number of carbonyl (C=O) groups is 1. The van der Waals surface area contributed by atoms with E-state index in [1.807, 2.05) is 6.07 Å². The number of hydrogen-bond donors (Lipinski definition) is 2. The van der Waals surface area contributed by atoms with Gasteiger partial charge >= 0.3 is 0 Å². The number of hydrazine groups is 1. The normalized spacial score (nSPS) is 18.8. The highest BCUT2D eigenvalue weighted by molar-refractivity contribution is 6.46. The van der Waals surface area contributed by atoms with Gasteiger partial charge < -0.3 is 14.2 Å². The van der Waals surface area contributed by atoms with Gasteiger partial charge in [-0.1, -0.05) is 0 Å². The average Bonchev–Trinajstić information content (AvgIpc) is 2.61. The topological polar surface area (TPSA) is 95.2 Å². The van der Waals surface area contributed by atoms with E-state index in [0.717, 1.165) is 24.0 Å². The molecule has 3 rings (SSSR count). The average molecular weight is 319 g/mol. The molecule has 1 amide bonds. The Labute approximate surface area is 134 Å². The molecule has 124 valence electrons. The predicted molar refractivity (Wildman–Crippen MR) is 85.0 cm³/mol. The Kier molecular flexibility index (Phi) is 4.23. The highest BCUT2D eigenvalue weighted by Crippen LogP contribution is 2.44. The van der Waals surface area contributed by atoms with Crippen LogP contribution in [-0.4, -0.2) is 45.6 Å². The molecule has 1 spiro atoms.